The highest BCUT2D eigenvalue weighted by molar-refractivity contribution is 7.11. The molecule has 3 nitrogen and oxygen atoms in total. The highest BCUT2D eigenvalue weighted by Crippen LogP contribution is 2.16. The van der Waals surface area contributed by atoms with Crippen molar-refractivity contribution >= 4 is 17.6 Å². The minimum atomic E-state index is 0.799. The van der Waals surface area contributed by atoms with Gasteiger partial charge in [0.25, 0.3) is 0 Å². The molecule has 0 aromatic carbocycles. The number of hydrogen-bond acceptors (Lipinski definition) is 4. The van der Waals surface area contributed by atoms with Crippen molar-refractivity contribution in [3.05, 3.63) is 15.6 Å². The summed E-state index contributed by atoms with van der Waals surface area (Å²) in [7, 11) is 0. The van der Waals surface area contributed by atoms with Crippen LogP contribution in [0.3, 0.4) is 0 Å². The molecule has 0 amide bonds. The zero-order valence-corrected chi connectivity index (χ0v) is 7.48. The number of aryl methyl sites for hydroxylation is 2. The van der Waals surface area contributed by atoms with Crippen molar-refractivity contribution in [2.24, 2.45) is 10.9 Å². The van der Waals surface area contributed by atoms with Crippen LogP contribution in [-0.4, -0.2) is 11.2 Å². The molecule has 0 aliphatic carbocycles. The van der Waals surface area contributed by atoms with Gasteiger partial charge in [-0.1, -0.05) is 0 Å². The van der Waals surface area contributed by atoms with Gasteiger partial charge in [-0.15, -0.1) is 11.3 Å². The van der Waals surface area contributed by atoms with Crippen LogP contribution in [0.4, 0.5) is 0 Å². The summed E-state index contributed by atoms with van der Waals surface area (Å²) in [5.74, 6) is 4.99. The van der Waals surface area contributed by atoms with E-state index in [1.165, 1.54) is 4.88 Å². The summed E-state index contributed by atoms with van der Waals surface area (Å²) in [6.07, 6.45) is 2.49. The first-order valence-electron chi connectivity index (χ1n) is 3.38. The van der Waals surface area contributed by atoms with E-state index in [9.17, 15) is 0 Å². The van der Waals surface area contributed by atoms with Crippen LogP contribution in [0.1, 0.15) is 15.6 Å². The second kappa shape index (κ2) is 3.48. The van der Waals surface area contributed by atoms with Crippen LogP contribution in [0.25, 0.3) is 0 Å². The molecular formula is C7H11N3S. The Balaban J connectivity index is 2.77. The van der Waals surface area contributed by atoms with E-state index >= 15 is 0 Å². The van der Waals surface area contributed by atoms with Crippen LogP contribution < -0.4 is 5.84 Å². The highest BCUT2D eigenvalue weighted by atomic mass is 32.1. The van der Waals surface area contributed by atoms with Gasteiger partial charge in [-0.05, 0) is 13.8 Å². The molecule has 4 heteroatoms. The molecule has 60 valence electrons. The average molecular weight is 169 g/mol. The predicted molar refractivity (Wildman–Crippen MR) is 48.0 cm³/mol. The Hall–Kier alpha value is -0.900. The topological polar surface area (TPSA) is 51.3 Å². The van der Waals surface area contributed by atoms with E-state index in [1.54, 1.807) is 17.6 Å². The molecule has 1 aromatic heterocycles. The maximum atomic E-state index is 4.99. The molecule has 0 radical (unpaired) electrons. The quantitative estimate of drug-likeness (QED) is 0.411. The van der Waals surface area contributed by atoms with E-state index in [0.717, 1.165) is 17.1 Å². The fourth-order valence-corrected chi connectivity index (χ4v) is 1.79. The lowest BCUT2D eigenvalue weighted by molar-refractivity contribution is 1.16. The van der Waals surface area contributed by atoms with Gasteiger partial charge in [-0.3, -0.25) is 0 Å². The van der Waals surface area contributed by atoms with Gasteiger partial charge >= 0.3 is 0 Å². The number of thiazole rings is 1. The molecule has 0 aliphatic rings. The maximum Gasteiger partial charge on any atom is 0.0900 e. The van der Waals surface area contributed by atoms with E-state index in [4.69, 9.17) is 5.84 Å². The van der Waals surface area contributed by atoms with Gasteiger partial charge in [0, 0.05) is 17.5 Å². The van der Waals surface area contributed by atoms with Gasteiger partial charge < -0.3 is 5.84 Å². The second-order valence-corrected chi connectivity index (χ2v) is 3.56. The van der Waals surface area contributed by atoms with Crippen molar-refractivity contribution < 1.29 is 0 Å². The normalized spacial score (nSPS) is 11.1. The number of hydrazone groups is 1. The first-order valence-corrected chi connectivity index (χ1v) is 4.20. The lowest BCUT2D eigenvalue weighted by atomic mass is 10.3. The van der Waals surface area contributed by atoms with E-state index in [-0.39, 0.29) is 0 Å². The van der Waals surface area contributed by atoms with Gasteiger partial charge in [-0.2, -0.15) is 5.10 Å². The average Bonchev–Trinajstić information content (AvgIpc) is 2.26. The Morgan fingerprint density at radius 3 is 2.82 bits per heavy atom. The van der Waals surface area contributed by atoms with Gasteiger partial charge in [0.05, 0.1) is 10.7 Å². The molecule has 1 heterocycles. The largest absolute Gasteiger partial charge is 0.324 e. The highest BCUT2D eigenvalue weighted by Gasteiger charge is 2.01. The zero-order valence-electron chi connectivity index (χ0n) is 6.66. The molecule has 1 rings (SSSR count). The van der Waals surface area contributed by atoms with Crippen molar-refractivity contribution in [1.29, 1.82) is 0 Å². The Labute approximate surface area is 70.0 Å². The summed E-state index contributed by atoms with van der Waals surface area (Å²) in [4.78, 5) is 5.53. The Morgan fingerprint density at radius 2 is 2.36 bits per heavy atom. The van der Waals surface area contributed by atoms with Crippen LogP contribution >= 0.6 is 11.3 Å². The van der Waals surface area contributed by atoms with E-state index in [0.29, 0.717) is 0 Å². The molecule has 1 aromatic rings. The summed E-state index contributed by atoms with van der Waals surface area (Å²) in [6.45, 7) is 4.00. The number of hydrogen-bond donors (Lipinski definition) is 1. The molecule has 0 bridgehead atoms. The second-order valence-electron chi connectivity index (χ2n) is 2.28. The SMILES string of the molecule is Cc1nc(C)c(CC=NN)s1. The lowest BCUT2D eigenvalue weighted by Gasteiger charge is -1.87. The summed E-state index contributed by atoms with van der Waals surface area (Å²) in [5.41, 5.74) is 1.09. The summed E-state index contributed by atoms with van der Waals surface area (Å²) in [5, 5.41) is 4.54. The molecule has 0 spiro atoms. The smallest absolute Gasteiger partial charge is 0.0900 e. The molecule has 0 atom stereocenters. The van der Waals surface area contributed by atoms with E-state index in [2.05, 4.69) is 10.1 Å². The van der Waals surface area contributed by atoms with Gasteiger partial charge in [-0.25, -0.2) is 4.98 Å². The van der Waals surface area contributed by atoms with Gasteiger partial charge in [0.1, 0.15) is 0 Å². The predicted octanol–water partition coefficient (Wildman–Crippen LogP) is 1.25. The number of nitrogens with two attached hydrogens (primary N) is 1. The van der Waals surface area contributed by atoms with Crippen molar-refractivity contribution in [2.75, 3.05) is 0 Å². The third-order valence-corrected chi connectivity index (χ3v) is 2.48. The van der Waals surface area contributed by atoms with Crippen LogP contribution in [0.2, 0.25) is 0 Å². The minimum Gasteiger partial charge on any atom is -0.324 e. The summed E-state index contributed by atoms with van der Waals surface area (Å²) >= 11 is 1.70. The first kappa shape index (κ1) is 8.20. The number of aromatic nitrogens is 1. The Bertz CT molecular complexity index is 265. The molecule has 2 N–H and O–H groups in total. The molecule has 11 heavy (non-hydrogen) atoms. The molecular weight excluding hydrogens is 158 g/mol. The number of rotatable bonds is 2. The fraction of sp³-hybridized carbons (Fsp3) is 0.429. The minimum absolute atomic E-state index is 0.799. The monoisotopic (exact) mass is 169 g/mol. The van der Waals surface area contributed by atoms with Gasteiger partial charge in [0.2, 0.25) is 0 Å². The molecule has 0 aliphatic heterocycles. The number of nitrogens with zero attached hydrogens (tertiary/aromatic N) is 2. The van der Waals surface area contributed by atoms with E-state index in [1.807, 2.05) is 13.8 Å². The molecule has 0 saturated carbocycles. The van der Waals surface area contributed by atoms with E-state index < -0.39 is 0 Å². The van der Waals surface area contributed by atoms with Crippen LogP contribution in [-0.2, 0) is 6.42 Å². The third kappa shape index (κ3) is 2.01. The standard InChI is InChI=1S/C7H11N3S/c1-5-7(3-4-9-8)11-6(2)10-5/h4H,3,8H2,1-2H3. The third-order valence-electron chi connectivity index (χ3n) is 1.38. The van der Waals surface area contributed by atoms with Crippen molar-refractivity contribution in [3.63, 3.8) is 0 Å². The Kier molecular flexibility index (Phi) is 2.59. The lowest BCUT2D eigenvalue weighted by Crippen LogP contribution is -1.88. The van der Waals surface area contributed by atoms with Crippen LogP contribution in [0, 0.1) is 13.8 Å². The fourth-order valence-electron chi connectivity index (χ4n) is 0.898. The Morgan fingerprint density at radius 1 is 1.64 bits per heavy atom. The summed E-state index contributed by atoms with van der Waals surface area (Å²) in [6, 6.07) is 0. The molecule has 0 fully saturated rings. The van der Waals surface area contributed by atoms with Crippen molar-refractivity contribution in [2.45, 2.75) is 20.3 Å². The van der Waals surface area contributed by atoms with Crippen LogP contribution in [0.15, 0.2) is 5.10 Å². The van der Waals surface area contributed by atoms with Crippen molar-refractivity contribution in [1.82, 2.24) is 4.98 Å². The molecule has 0 unspecified atom stereocenters. The maximum absolute atomic E-state index is 4.99. The molecule has 0 saturated heterocycles. The van der Waals surface area contributed by atoms with Gasteiger partial charge in [0.15, 0.2) is 0 Å². The first-order chi connectivity index (χ1) is 5.24. The van der Waals surface area contributed by atoms with Crippen molar-refractivity contribution in [3.8, 4) is 0 Å². The summed E-state index contributed by atoms with van der Waals surface area (Å²) < 4.78 is 0. The zero-order chi connectivity index (χ0) is 8.27. The van der Waals surface area contributed by atoms with Crippen LogP contribution in [0.5, 0.6) is 0 Å².